The van der Waals surface area contributed by atoms with Gasteiger partial charge in [0.1, 0.15) is 5.03 Å². The van der Waals surface area contributed by atoms with E-state index in [-0.39, 0.29) is 0 Å². The molecule has 0 atom stereocenters. The Morgan fingerprint density at radius 2 is 1.80 bits per heavy atom. The van der Waals surface area contributed by atoms with E-state index in [9.17, 15) is 0 Å². The van der Waals surface area contributed by atoms with Crippen molar-refractivity contribution in [2.75, 3.05) is 5.73 Å². The highest BCUT2D eigenvalue weighted by atomic mass is 32.2. The first kappa shape index (κ1) is 9.92. The van der Waals surface area contributed by atoms with Crippen molar-refractivity contribution in [3.8, 4) is 0 Å². The van der Waals surface area contributed by atoms with Gasteiger partial charge in [-0.15, -0.1) is 0 Å². The highest BCUT2D eigenvalue weighted by Crippen LogP contribution is 2.23. The van der Waals surface area contributed by atoms with Gasteiger partial charge in [0, 0.05) is 30.5 Å². The fourth-order valence-electron chi connectivity index (χ4n) is 1.08. The standard InChI is InChI=1S/C10H10N4S/c11-9-10(14-6-5-13-9)15-7-8-1-3-12-4-2-8/h1-6H,7H2,(H2,11,13). The number of anilines is 1. The Balaban J connectivity index is 2.03. The molecule has 2 rings (SSSR count). The van der Waals surface area contributed by atoms with Gasteiger partial charge in [-0.2, -0.15) is 0 Å². The normalized spacial score (nSPS) is 10.1. The third kappa shape index (κ3) is 2.66. The second-order valence-corrected chi connectivity index (χ2v) is 3.85. The molecule has 0 saturated carbocycles. The Kier molecular flexibility index (Phi) is 3.14. The van der Waals surface area contributed by atoms with Gasteiger partial charge < -0.3 is 5.73 Å². The van der Waals surface area contributed by atoms with Gasteiger partial charge in [0.2, 0.25) is 0 Å². The fourth-order valence-corrected chi connectivity index (χ4v) is 1.91. The van der Waals surface area contributed by atoms with Crippen LogP contribution in [0.25, 0.3) is 0 Å². The zero-order chi connectivity index (χ0) is 10.5. The molecule has 2 N–H and O–H groups in total. The second kappa shape index (κ2) is 4.75. The number of rotatable bonds is 3. The predicted octanol–water partition coefficient (Wildman–Crippen LogP) is 1.75. The summed E-state index contributed by atoms with van der Waals surface area (Å²) in [5, 5.41) is 0.773. The molecule has 0 spiro atoms. The quantitative estimate of drug-likeness (QED) is 0.795. The topological polar surface area (TPSA) is 64.7 Å². The summed E-state index contributed by atoms with van der Waals surface area (Å²) in [7, 11) is 0. The third-order valence-corrected chi connectivity index (χ3v) is 2.88. The number of hydrogen-bond acceptors (Lipinski definition) is 5. The van der Waals surface area contributed by atoms with E-state index in [1.807, 2.05) is 12.1 Å². The van der Waals surface area contributed by atoms with Gasteiger partial charge in [0.05, 0.1) is 0 Å². The van der Waals surface area contributed by atoms with E-state index in [0.29, 0.717) is 5.82 Å². The van der Waals surface area contributed by atoms with Crippen molar-refractivity contribution < 1.29 is 0 Å². The number of aromatic nitrogens is 3. The molecule has 5 heteroatoms. The molecule has 0 unspecified atom stereocenters. The van der Waals surface area contributed by atoms with Crippen LogP contribution in [0.15, 0.2) is 41.9 Å². The van der Waals surface area contributed by atoms with Crippen LogP contribution in [0.3, 0.4) is 0 Å². The molecule has 0 aliphatic rings. The average molecular weight is 218 g/mol. The lowest BCUT2D eigenvalue weighted by Crippen LogP contribution is -1.94. The molecule has 0 aromatic carbocycles. The molecule has 0 radical (unpaired) electrons. The van der Waals surface area contributed by atoms with Crippen molar-refractivity contribution >= 4 is 17.6 Å². The Morgan fingerprint density at radius 1 is 1.07 bits per heavy atom. The van der Waals surface area contributed by atoms with E-state index < -0.39 is 0 Å². The van der Waals surface area contributed by atoms with Gasteiger partial charge in [-0.1, -0.05) is 11.8 Å². The summed E-state index contributed by atoms with van der Waals surface area (Å²) in [6, 6.07) is 3.94. The molecule has 2 heterocycles. The van der Waals surface area contributed by atoms with Crippen LogP contribution in [0.2, 0.25) is 0 Å². The molecule has 76 valence electrons. The van der Waals surface area contributed by atoms with Gasteiger partial charge in [-0.25, -0.2) is 9.97 Å². The Hall–Kier alpha value is -1.62. The van der Waals surface area contributed by atoms with Crippen LogP contribution in [0.5, 0.6) is 0 Å². The van der Waals surface area contributed by atoms with Crippen molar-refractivity contribution in [2.45, 2.75) is 10.8 Å². The molecular weight excluding hydrogens is 208 g/mol. The van der Waals surface area contributed by atoms with Gasteiger partial charge in [0.25, 0.3) is 0 Å². The van der Waals surface area contributed by atoms with Gasteiger partial charge in [-0.05, 0) is 17.7 Å². The van der Waals surface area contributed by atoms with Crippen LogP contribution in [0, 0.1) is 0 Å². The van der Waals surface area contributed by atoms with Crippen LogP contribution in [-0.4, -0.2) is 15.0 Å². The molecular formula is C10H10N4S. The smallest absolute Gasteiger partial charge is 0.156 e. The van der Waals surface area contributed by atoms with E-state index >= 15 is 0 Å². The summed E-state index contributed by atoms with van der Waals surface area (Å²) in [4.78, 5) is 12.1. The molecule has 0 amide bonds. The first-order chi connectivity index (χ1) is 7.36. The van der Waals surface area contributed by atoms with Crippen LogP contribution in [-0.2, 0) is 5.75 Å². The van der Waals surface area contributed by atoms with Gasteiger partial charge >= 0.3 is 0 Å². The maximum atomic E-state index is 5.68. The monoisotopic (exact) mass is 218 g/mol. The molecule has 2 aromatic heterocycles. The summed E-state index contributed by atoms with van der Waals surface area (Å²) >= 11 is 1.57. The van der Waals surface area contributed by atoms with E-state index in [4.69, 9.17) is 5.73 Å². The Bertz CT molecular complexity index is 432. The summed E-state index contributed by atoms with van der Waals surface area (Å²) in [6.45, 7) is 0. The van der Waals surface area contributed by atoms with Gasteiger partial charge in [0.15, 0.2) is 5.82 Å². The maximum absolute atomic E-state index is 5.68. The van der Waals surface area contributed by atoms with Crippen molar-refractivity contribution in [2.24, 2.45) is 0 Å². The molecule has 2 aromatic rings. The lowest BCUT2D eigenvalue weighted by atomic mass is 10.3. The zero-order valence-corrected chi connectivity index (χ0v) is 8.81. The molecule has 0 aliphatic carbocycles. The lowest BCUT2D eigenvalue weighted by molar-refractivity contribution is 1.07. The minimum atomic E-state index is 0.483. The van der Waals surface area contributed by atoms with Crippen molar-refractivity contribution in [3.63, 3.8) is 0 Å². The van der Waals surface area contributed by atoms with E-state index in [0.717, 1.165) is 10.8 Å². The van der Waals surface area contributed by atoms with Gasteiger partial charge in [-0.3, -0.25) is 4.98 Å². The highest BCUT2D eigenvalue weighted by Gasteiger charge is 2.01. The Labute approximate surface area is 92.0 Å². The minimum absolute atomic E-state index is 0.483. The van der Waals surface area contributed by atoms with Crippen LogP contribution < -0.4 is 5.73 Å². The first-order valence-electron chi connectivity index (χ1n) is 4.44. The van der Waals surface area contributed by atoms with Crippen LogP contribution in [0.4, 0.5) is 5.82 Å². The SMILES string of the molecule is Nc1nccnc1SCc1ccncc1. The molecule has 0 fully saturated rings. The molecule has 4 nitrogen and oxygen atoms in total. The molecule has 0 aliphatic heterocycles. The summed E-state index contributed by atoms with van der Waals surface area (Å²) < 4.78 is 0. The number of nitrogens with zero attached hydrogens (tertiary/aromatic N) is 3. The Morgan fingerprint density at radius 3 is 2.53 bits per heavy atom. The molecule has 0 saturated heterocycles. The number of pyridine rings is 1. The lowest BCUT2D eigenvalue weighted by Gasteiger charge is -2.02. The van der Waals surface area contributed by atoms with Crippen LogP contribution in [0.1, 0.15) is 5.56 Å². The largest absolute Gasteiger partial charge is 0.381 e. The number of thioether (sulfide) groups is 1. The second-order valence-electron chi connectivity index (χ2n) is 2.89. The van der Waals surface area contributed by atoms with Crippen LogP contribution >= 0.6 is 11.8 Å². The number of nitrogen functional groups attached to an aromatic ring is 1. The molecule has 15 heavy (non-hydrogen) atoms. The predicted molar refractivity (Wildman–Crippen MR) is 60.2 cm³/mol. The van der Waals surface area contributed by atoms with Crippen molar-refractivity contribution in [1.82, 2.24) is 15.0 Å². The average Bonchev–Trinajstić information content (AvgIpc) is 2.29. The molecule has 0 bridgehead atoms. The summed E-state index contributed by atoms with van der Waals surface area (Å²) in [5.41, 5.74) is 6.87. The minimum Gasteiger partial charge on any atom is -0.381 e. The maximum Gasteiger partial charge on any atom is 0.156 e. The third-order valence-electron chi connectivity index (χ3n) is 1.82. The van der Waals surface area contributed by atoms with E-state index in [2.05, 4.69) is 15.0 Å². The fraction of sp³-hybridized carbons (Fsp3) is 0.100. The number of nitrogens with two attached hydrogens (primary N) is 1. The number of hydrogen-bond donors (Lipinski definition) is 1. The van der Waals surface area contributed by atoms with Crippen molar-refractivity contribution in [3.05, 3.63) is 42.5 Å². The summed E-state index contributed by atoms with van der Waals surface area (Å²) in [6.07, 6.45) is 6.78. The van der Waals surface area contributed by atoms with E-state index in [1.165, 1.54) is 5.56 Å². The first-order valence-corrected chi connectivity index (χ1v) is 5.43. The summed E-state index contributed by atoms with van der Waals surface area (Å²) in [5.74, 6) is 1.31. The highest BCUT2D eigenvalue weighted by molar-refractivity contribution is 7.98. The zero-order valence-electron chi connectivity index (χ0n) is 8.00. The van der Waals surface area contributed by atoms with Crippen molar-refractivity contribution in [1.29, 1.82) is 0 Å². The van der Waals surface area contributed by atoms with E-state index in [1.54, 1.807) is 36.5 Å².